The molecule has 0 aliphatic rings. The van der Waals surface area contributed by atoms with Gasteiger partial charge < -0.3 is 5.32 Å². The second kappa shape index (κ2) is 8.76. The summed E-state index contributed by atoms with van der Waals surface area (Å²) >= 11 is 0. The van der Waals surface area contributed by atoms with Crippen molar-refractivity contribution in [1.29, 1.82) is 0 Å². The number of nitro benzene ring substituents is 1. The van der Waals surface area contributed by atoms with Crippen LogP contribution in [0.4, 0.5) is 14.5 Å². The zero-order valence-corrected chi connectivity index (χ0v) is 16.5. The molecule has 1 amide bonds. The van der Waals surface area contributed by atoms with Crippen LogP contribution < -0.4 is 5.32 Å². The van der Waals surface area contributed by atoms with Crippen molar-refractivity contribution in [3.63, 3.8) is 0 Å². The van der Waals surface area contributed by atoms with Crippen LogP contribution in [0, 0.1) is 21.7 Å². The molecule has 1 aromatic heterocycles. The van der Waals surface area contributed by atoms with Crippen molar-refractivity contribution < 1.29 is 18.5 Å². The third-order valence-electron chi connectivity index (χ3n) is 4.74. The van der Waals surface area contributed by atoms with E-state index in [0.717, 1.165) is 0 Å². The van der Waals surface area contributed by atoms with Crippen LogP contribution in [0.15, 0.2) is 78.9 Å². The summed E-state index contributed by atoms with van der Waals surface area (Å²) in [5.41, 5.74) is 1.21. The predicted molar refractivity (Wildman–Crippen MR) is 113 cm³/mol. The number of hydrogen-bond acceptors (Lipinski definition) is 4. The number of hydrogen-bond donors (Lipinski definition) is 1. The highest BCUT2D eigenvalue weighted by atomic mass is 19.1. The fourth-order valence-corrected chi connectivity index (χ4v) is 3.15. The van der Waals surface area contributed by atoms with Gasteiger partial charge in [0.25, 0.3) is 11.6 Å². The first-order chi connectivity index (χ1) is 15.4. The van der Waals surface area contributed by atoms with Crippen molar-refractivity contribution in [3.8, 4) is 16.9 Å². The van der Waals surface area contributed by atoms with Crippen molar-refractivity contribution in [1.82, 2.24) is 15.1 Å². The largest absolute Gasteiger partial charge is 0.347 e. The highest BCUT2D eigenvalue weighted by molar-refractivity contribution is 5.94. The van der Waals surface area contributed by atoms with Crippen LogP contribution in [0.2, 0.25) is 0 Å². The summed E-state index contributed by atoms with van der Waals surface area (Å²) in [6.45, 7) is 0.119. The molecule has 0 aliphatic carbocycles. The molecule has 0 radical (unpaired) electrons. The average molecular weight is 434 g/mol. The molecule has 7 nitrogen and oxygen atoms in total. The van der Waals surface area contributed by atoms with Crippen molar-refractivity contribution in [3.05, 3.63) is 112 Å². The number of nitrogens with zero attached hydrogens (tertiary/aromatic N) is 3. The molecule has 3 aromatic carbocycles. The molecule has 0 aliphatic heterocycles. The Kier molecular flexibility index (Phi) is 5.71. The smallest absolute Gasteiger partial charge is 0.271 e. The maximum Gasteiger partial charge on any atom is 0.271 e. The number of benzene rings is 3. The number of aromatic nitrogens is 2. The molecule has 0 bridgehead atoms. The van der Waals surface area contributed by atoms with Crippen LogP contribution in [0.5, 0.6) is 0 Å². The molecule has 0 saturated heterocycles. The third kappa shape index (κ3) is 4.36. The fourth-order valence-electron chi connectivity index (χ4n) is 3.15. The molecular formula is C23H16F2N4O3. The monoisotopic (exact) mass is 434 g/mol. The molecule has 0 atom stereocenters. The average Bonchev–Trinajstić information content (AvgIpc) is 3.24. The number of rotatable bonds is 6. The van der Waals surface area contributed by atoms with Crippen LogP contribution in [0.25, 0.3) is 16.9 Å². The van der Waals surface area contributed by atoms with E-state index in [-0.39, 0.29) is 34.9 Å². The minimum Gasteiger partial charge on any atom is -0.347 e. The van der Waals surface area contributed by atoms with Gasteiger partial charge in [-0.05, 0) is 42.0 Å². The number of carbonyl (C=O) groups excluding carboxylic acids is 1. The Bertz CT molecular complexity index is 1300. The highest BCUT2D eigenvalue weighted by Gasteiger charge is 2.20. The van der Waals surface area contributed by atoms with Crippen LogP contribution >= 0.6 is 0 Å². The lowest BCUT2D eigenvalue weighted by atomic mass is 10.1. The molecule has 0 fully saturated rings. The van der Waals surface area contributed by atoms with Crippen molar-refractivity contribution >= 4 is 11.6 Å². The zero-order chi connectivity index (χ0) is 22.7. The van der Waals surface area contributed by atoms with Gasteiger partial charge in [0.1, 0.15) is 17.3 Å². The van der Waals surface area contributed by atoms with Gasteiger partial charge in [-0.25, -0.2) is 13.5 Å². The SMILES string of the molecule is O=C(NCc1ccc(F)cc1)c1cc(-c2ccccc2F)nn1-c1cccc([N+](=O)[O-])c1. The van der Waals surface area contributed by atoms with E-state index in [2.05, 4.69) is 10.4 Å². The van der Waals surface area contributed by atoms with Gasteiger partial charge in [-0.15, -0.1) is 0 Å². The van der Waals surface area contributed by atoms with Gasteiger partial charge in [0.2, 0.25) is 0 Å². The van der Waals surface area contributed by atoms with Gasteiger partial charge >= 0.3 is 0 Å². The maximum absolute atomic E-state index is 14.3. The Morgan fingerprint density at radius 2 is 1.75 bits per heavy atom. The summed E-state index contributed by atoms with van der Waals surface area (Å²) < 4.78 is 28.7. The number of nitrogens with one attached hydrogen (secondary N) is 1. The number of halogens is 2. The van der Waals surface area contributed by atoms with Gasteiger partial charge in [0.05, 0.1) is 16.3 Å². The molecule has 160 valence electrons. The Morgan fingerprint density at radius 3 is 2.47 bits per heavy atom. The molecule has 4 rings (SSSR count). The van der Waals surface area contributed by atoms with Gasteiger partial charge in [0.15, 0.2) is 0 Å². The summed E-state index contributed by atoms with van der Waals surface area (Å²) in [4.78, 5) is 23.6. The van der Waals surface area contributed by atoms with Crippen molar-refractivity contribution in [2.45, 2.75) is 6.54 Å². The predicted octanol–water partition coefficient (Wildman–Crippen LogP) is 4.66. The molecule has 0 saturated carbocycles. The number of non-ortho nitro benzene ring substituents is 1. The molecule has 32 heavy (non-hydrogen) atoms. The molecule has 9 heteroatoms. The van der Waals surface area contributed by atoms with Gasteiger partial charge in [-0.1, -0.05) is 30.3 Å². The third-order valence-corrected chi connectivity index (χ3v) is 4.74. The number of carbonyl (C=O) groups is 1. The lowest BCUT2D eigenvalue weighted by molar-refractivity contribution is -0.384. The Balaban J connectivity index is 1.73. The van der Waals surface area contributed by atoms with E-state index in [0.29, 0.717) is 5.56 Å². The van der Waals surface area contributed by atoms with Crippen molar-refractivity contribution in [2.75, 3.05) is 0 Å². The summed E-state index contributed by atoms with van der Waals surface area (Å²) in [6.07, 6.45) is 0. The number of nitro groups is 1. The molecular weight excluding hydrogens is 418 g/mol. The highest BCUT2D eigenvalue weighted by Crippen LogP contribution is 2.25. The summed E-state index contributed by atoms with van der Waals surface area (Å²) in [6, 6.07) is 18.6. The quantitative estimate of drug-likeness (QED) is 0.353. The topological polar surface area (TPSA) is 90.1 Å². The summed E-state index contributed by atoms with van der Waals surface area (Å²) in [5.74, 6) is -1.44. The second-order valence-corrected chi connectivity index (χ2v) is 6.89. The maximum atomic E-state index is 14.3. The Labute approximate surface area is 181 Å². The van der Waals surface area contributed by atoms with E-state index in [1.807, 2.05) is 0 Å². The van der Waals surface area contributed by atoms with Gasteiger partial charge in [-0.2, -0.15) is 5.10 Å². The Morgan fingerprint density at radius 1 is 1.00 bits per heavy atom. The van der Waals surface area contributed by atoms with E-state index in [4.69, 9.17) is 0 Å². The first kappa shape index (κ1) is 20.9. The lowest BCUT2D eigenvalue weighted by Gasteiger charge is -2.08. The minimum atomic E-state index is -0.556. The Hall–Kier alpha value is -4.40. The van der Waals surface area contributed by atoms with Crippen LogP contribution in [-0.4, -0.2) is 20.6 Å². The molecule has 0 spiro atoms. The van der Waals surface area contributed by atoms with E-state index in [9.17, 15) is 23.7 Å². The van der Waals surface area contributed by atoms with Crippen LogP contribution in [0.1, 0.15) is 16.1 Å². The van der Waals surface area contributed by atoms with E-state index in [1.54, 1.807) is 12.1 Å². The summed E-state index contributed by atoms with van der Waals surface area (Å²) in [5, 5.41) is 18.2. The van der Waals surface area contributed by atoms with Gasteiger partial charge in [0, 0.05) is 24.2 Å². The normalized spacial score (nSPS) is 10.7. The number of amides is 1. The van der Waals surface area contributed by atoms with Crippen LogP contribution in [-0.2, 0) is 6.54 Å². The summed E-state index contributed by atoms with van der Waals surface area (Å²) in [7, 11) is 0. The van der Waals surface area contributed by atoms with E-state index in [1.165, 1.54) is 71.4 Å². The molecule has 1 N–H and O–H groups in total. The second-order valence-electron chi connectivity index (χ2n) is 6.89. The van der Waals surface area contributed by atoms with E-state index < -0.39 is 22.5 Å². The first-order valence-corrected chi connectivity index (χ1v) is 9.55. The molecule has 1 heterocycles. The minimum absolute atomic E-state index is 0.0610. The zero-order valence-electron chi connectivity index (χ0n) is 16.5. The lowest BCUT2D eigenvalue weighted by Crippen LogP contribution is -2.25. The first-order valence-electron chi connectivity index (χ1n) is 9.55. The van der Waals surface area contributed by atoms with E-state index >= 15 is 0 Å². The van der Waals surface area contributed by atoms with Crippen LogP contribution in [0.3, 0.4) is 0 Å². The fraction of sp³-hybridized carbons (Fsp3) is 0.0435. The molecule has 0 unspecified atom stereocenters. The molecule has 4 aromatic rings. The van der Waals surface area contributed by atoms with Crippen molar-refractivity contribution in [2.24, 2.45) is 0 Å². The standard InChI is InChI=1S/C23H16F2N4O3/c24-16-10-8-15(9-11-16)14-26-23(30)22-13-21(19-6-1-2-7-20(19)25)27-28(22)17-4-3-5-18(12-17)29(31)32/h1-13H,14H2,(H,26,30). The van der Waals surface area contributed by atoms with Gasteiger partial charge in [-0.3, -0.25) is 14.9 Å².